The van der Waals surface area contributed by atoms with Gasteiger partial charge in [0.25, 0.3) is 0 Å². The molecule has 1 aliphatic heterocycles. The van der Waals surface area contributed by atoms with E-state index in [1.54, 1.807) is 0 Å². The zero-order valence-electron chi connectivity index (χ0n) is 10.2. The number of nitrogens with one attached hydrogen (secondary N) is 1. The van der Waals surface area contributed by atoms with Crippen molar-refractivity contribution in [1.29, 1.82) is 0 Å². The molecule has 1 saturated heterocycles. The summed E-state index contributed by atoms with van der Waals surface area (Å²) in [6, 6.07) is 0. The summed E-state index contributed by atoms with van der Waals surface area (Å²) in [4.78, 5) is 10.8. The largest absolute Gasteiger partial charge is 0.394 e. The molecule has 0 bridgehead atoms. The quantitative estimate of drug-likeness (QED) is 0.430. The highest BCUT2D eigenvalue weighted by Crippen LogP contribution is 2.31. The van der Waals surface area contributed by atoms with Crippen LogP contribution < -0.4 is 5.73 Å². The van der Waals surface area contributed by atoms with Crippen LogP contribution >= 0.6 is 12.2 Å². The minimum Gasteiger partial charge on any atom is -0.394 e. The van der Waals surface area contributed by atoms with E-state index in [0.717, 1.165) is 0 Å². The second-order valence-corrected chi connectivity index (χ2v) is 4.90. The Morgan fingerprint density at radius 2 is 2.20 bits per heavy atom. The van der Waals surface area contributed by atoms with Crippen molar-refractivity contribution in [2.75, 3.05) is 12.3 Å². The first-order chi connectivity index (χ1) is 9.52. The lowest BCUT2D eigenvalue weighted by Gasteiger charge is -2.16. The van der Waals surface area contributed by atoms with Gasteiger partial charge in [-0.1, -0.05) is 0 Å². The Bertz CT molecular complexity index is 701. The predicted octanol–water partition coefficient (Wildman–Crippen LogP) is -1.32. The number of H-pyrrole nitrogens is 1. The Hall–Kier alpha value is -1.59. The number of ether oxygens (including phenoxy) is 1. The van der Waals surface area contributed by atoms with Crippen molar-refractivity contribution >= 4 is 29.2 Å². The lowest BCUT2D eigenvalue weighted by molar-refractivity contribution is -0.0511. The molecule has 0 saturated carbocycles. The maximum Gasteiger partial charge on any atom is 0.200 e. The Morgan fingerprint density at radius 1 is 1.45 bits per heavy atom. The number of nitrogen functional groups attached to an aromatic ring is 1. The van der Waals surface area contributed by atoms with Crippen LogP contribution in [0.4, 0.5) is 5.82 Å². The molecule has 1 fully saturated rings. The highest BCUT2D eigenvalue weighted by molar-refractivity contribution is 7.71. The van der Waals surface area contributed by atoms with Crippen molar-refractivity contribution in [3.05, 3.63) is 11.1 Å². The lowest BCUT2D eigenvalue weighted by Crippen LogP contribution is -2.33. The van der Waals surface area contributed by atoms with Gasteiger partial charge in [0, 0.05) is 0 Å². The van der Waals surface area contributed by atoms with Gasteiger partial charge in [-0.3, -0.25) is 4.57 Å². The zero-order valence-corrected chi connectivity index (χ0v) is 11.0. The van der Waals surface area contributed by atoms with E-state index in [1.807, 2.05) is 0 Å². The molecule has 3 rings (SSSR count). The third-order valence-corrected chi connectivity index (χ3v) is 3.46. The van der Waals surface area contributed by atoms with E-state index in [-0.39, 0.29) is 10.6 Å². The minimum absolute atomic E-state index is 0.170. The SMILES string of the molecule is Nc1[nH]c(=S)nc2c1ncn2[C@H]1O[C@H](CO)[C@H](O)[C@@H]1O. The predicted molar refractivity (Wildman–Crippen MR) is 70.1 cm³/mol. The summed E-state index contributed by atoms with van der Waals surface area (Å²) in [5.74, 6) is 0.255. The van der Waals surface area contributed by atoms with Crippen LogP contribution in [0.1, 0.15) is 6.23 Å². The molecule has 0 spiro atoms. The summed E-state index contributed by atoms with van der Waals surface area (Å²) in [5.41, 5.74) is 6.47. The number of imidazole rings is 1. The van der Waals surface area contributed by atoms with Gasteiger partial charge in [0.15, 0.2) is 16.6 Å². The summed E-state index contributed by atoms with van der Waals surface area (Å²) in [7, 11) is 0. The molecular weight excluding hydrogens is 286 g/mol. The van der Waals surface area contributed by atoms with Crippen LogP contribution in [0.3, 0.4) is 0 Å². The van der Waals surface area contributed by atoms with Crippen molar-refractivity contribution in [3.8, 4) is 0 Å². The fraction of sp³-hybridized carbons (Fsp3) is 0.500. The number of hydrogen-bond donors (Lipinski definition) is 5. The molecule has 3 heterocycles. The molecule has 0 unspecified atom stereocenters. The number of hydrogen-bond acceptors (Lipinski definition) is 8. The number of anilines is 1. The number of aromatic nitrogens is 4. The molecule has 2 aromatic rings. The summed E-state index contributed by atoms with van der Waals surface area (Å²) in [6.07, 6.45) is -2.82. The number of nitrogens with two attached hydrogens (primary N) is 1. The average Bonchev–Trinajstić information content (AvgIpc) is 2.93. The smallest absolute Gasteiger partial charge is 0.200 e. The van der Waals surface area contributed by atoms with Crippen molar-refractivity contribution in [1.82, 2.24) is 19.5 Å². The molecule has 0 aromatic carbocycles. The first kappa shape index (κ1) is 13.4. The molecule has 20 heavy (non-hydrogen) atoms. The van der Waals surface area contributed by atoms with Gasteiger partial charge in [-0.15, -0.1) is 0 Å². The third kappa shape index (κ3) is 1.89. The zero-order chi connectivity index (χ0) is 14.4. The van der Waals surface area contributed by atoms with Crippen molar-refractivity contribution in [2.45, 2.75) is 24.5 Å². The van der Waals surface area contributed by atoms with Gasteiger partial charge in [-0.05, 0) is 12.2 Å². The van der Waals surface area contributed by atoms with Crippen LogP contribution in [-0.4, -0.2) is 59.8 Å². The second kappa shape index (κ2) is 4.75. The van der Waals surface area contributed by atoms with E-state index in [2.05, 4.69) is 15.0 Å². The Morgan fingerprint density at radius 3 is 2.85 bits per heavy atom. The molecule has 1 aliphatic rings. The van der Waals surface area contributed by atoms with E-state index < -0.39 is 31.1 Å². The topological polar surface area (TPSA) is 142 Å². The molecule has 0 radical (unpaired) electrons. The first-order valence-corrected chi connectivity index (χ1v) is 6.28. The van der Waals surface area contributed by atoms with Crippen molar-refractivity contribution in [2.24, 2.45) is 0 Å². The summed E-state index contributed by atoms with van der Waals surface area (Å²) < 4.78 is 7.01. The highest BCUT2D eigenvalue weighted by Gasteiger charge is 2.43. The third-order valence-electron chi connectivity index (χ3n) is 3.26. The molecule has 9 nitrogen and oxygen atoms in total. The van der Waals surface area contributed by atoms with Gasteiger partial charge in [-0.2, -0.15) is 4.98 Å². The number of aliphatic hydroxyl groups excluding tert-OH is 3. The number of aliphatic hydroxyl groups is 3. The van der Waals surface area contributed by atoms with Gasteiger partial charge in [-0.25, -0.2) is 4.98 Å². The van der Waals surface area contributed by atoms with Crippen molar-refractivity contribution in [3.63, 3.8) is 0 Å². The Labute approximate surface area is 117 Å². The van der Waals surface area contributed by atoms with E-state index >= 15 is 0 Å². The lowest BCUT2D eigenvalue weighted by atomic mass is 10.1. The van der Waals surface area contributed by atoms with E-state index in [9.17, 15) is 10.2 Å². The van der Waals surface area contributed by atoms with Gasteiger partial charge in [0.1, 0.15) is 29.6 Å². The first-order valence-electron chi connectivity index (χ1n) is 5.87. The van der Waals surface area contributed by atoms with Crippen LogP contribution in [0.5, 0.6) is 0 Å². The number of fused-ring (bicyclic) bond motifs is 1. The van der Waals surface area contributed by atoms with Crippen molar-refractivity contribution < 1.29 is 20.1 Å². The Balaban J connectivity index is 2.09. The molecular formula is C10H13N5O4S. The average molecular weight is 299 g/mol. The molecule has 10 heteroatoms. The monoisotopic (exact) mass is 299 g/mol. The van der Waals surface area contributed by atoms with Gasteiger partial charge >= 0.3 is 0 Å². The summed E-state index contributed by atoms with van der Waals surface area (Å²) in [5, 5.41) is 28.9. The number of rotatable bonds is 2. The second-order valence-electron chi connectivity index (χ2n) is 4.51. The molecule has 4 atom stereocenters. The molecule has 0 amide bonds. The van der Waals surface area contributed by atoms with Gasteiger partial charge in [0.2, 0.25) is 0 Å². The number of aromatic amines is 1. The fourth-order valence-corrected chi connectivity index (χ4v) is 2.45. The van der Waals surface area contributed by atoms with Gasteiger partial charge in [0.05, 0.1) is 12.9 Å². The van der Waals surface area contributed by atoms with E-state index in [4.69, 9.17) is 27.8 Å². The standard InChI is InChI=1S/C10H13N5O4S/c11-7-4-8(14-10(20)13-7)15(2-12-4)9-6(18)5(17)3(1-16)19-9/h2-3,5-6,9,16-18H,1H2,(H3,11,13,14,20)/t3-,5+,6+,9+/m1/s1. The highest BCUT2D eigenvalue weighted by atomic mass is 32.1. The molecule has 108 valence electrons. The van der Waals surface area contributed by atoms with Crippen LogP contribution in [0.15, 0.2) is 6.33 Å². The molecule has 0 aliphatic carbocycles. The van der Waals surface area contributed by atoms with Crippen LogP contribution in [0.25, 0.3) is 11.2 Å². The van der Waals surface area contributed by atoms with Crippen LogP contribution in [-0.2, 0) is 4.74 Å². The van der Waals surface area contributed by atoms with E-state index in [1.165, 1.54) is 10.9 Å². The fourth-order valence-electron chi connectivity index (χ4n) is 2.25. The normalized spacial score (nSPS) is 30.1. The molecule has 6 N–H and O–H groups in total. The molecule has 2 aromatic heterocycles. The van der Waals surface area contributed by atoms with Gasteiger partial charge < -0.3 is 30.8 Å². The van der Waals surface area contributed by atoms with Crippen LogP contribution in [0, 0.1) is 4.77 Å². The maximum absolute atomic E-state index is 10.0. The maximum atomic E-state index is 10.0. The summed E-state index contributed by atoms with van der Waals surface area (Å²) >= 11 is 4.95. The van der Waals surface area contributed by atoms with E-state index in [0.29, 0.717) is 11.2 Å². The number of nitrogens with zero attached hydrogens (tertiary/aromatic N) is 3. The summed E-state index contributed by atoms with van der Waals surface area (Å²) in [6.45, 7) is -0.406. The van der Waals surface area contributed by atoms with Crippen LogP contribution in [0.2, 0.25) is 0 Å². The Kier molecular flexibility index (Phi) is 3.18. The minimum atomic E-state index is -1.22.